The second-order valence-corrected chi connectivity index (χ2v) is 20.5. The van der Waals surface area contributed by atoms with Crippen molar-refractivity contribution < 1.29 is 38.1 Å². The lowest BCUT2D eigenvalue weighted by Gasteiger charge is -2.36. The molecule has 348 valence electrons. The largest absolute Gasteiger partial charge is 0.454 e. The zero-order chi connectivity index (χ0) is 45.9. The van der Waals surface area contributed by atoms with Gasteiger partial charge in [0, 0.05) is 53.2 Å². The minimum absolute atomic E-state index is 0.0400. The van der Waals surface area contributed by atoms with Crippen LogP contribution in [0.15, 0.2) is 84.9 Å². The molecule has 6 aliphatic rings. The Balaban J connectivity index is 0.000000151. The Bertz CT molecular complexity index is 2870. The van der Waals surface area contributed by atoms with E-state index in [1.54, 1.807) is 0 Å². The van der Waals surface area contributed by atoms with Crippen molar-refractivity contribution in [1.82, 2.24) is 20.2 Å². The number of aromatic amines is 2. The molecule has 2 saturated carbocycles. The third-order valence-corrected chi connectivity index (χ3v) is 14.7. The molecule has 2 aliphatic carbocycles. The number of hydrogen-bond donors (Lipinski definition) is 3. The van der Waals surface area contributed by atoms with Gasteiger partial charge in [-0.15, -0.1) is 0 Å². The van der Waals surface area contributed by atoms with E-state index >= 15 is 0 Å². The summed E-state index contributed by atoms with van der Waals surface area (Å²) in [5, 5.41) is 5.85. The molecular weight excluding hydrogens is 845 g/mol. The van der Waals surface area contributed by atoms with Gasteiger partial charge in [0.15, 0.2) is 23.0 Å². The Morgan fingerprint density at radius 2 is 1.16 bits per heavy atom. The third kappa shape index (κ3) is 8.65. The van der Waals surface area contributed by atoms with Crippen LogP contribution in [-0.2, 0) is 38.0 Å². The monoisotopic (exact) mass is 904 g/mol. The molecule has 12 nitrogen and oxygen atoms in total. The summed E-state index contributed by atoms with van der Waals surface area (Å²) in [5.74, 6) is 3.52. The number of H-pyrrole nitrogens is 2. The number of Topliss-reactive ketones (excluding diaryl/α,β-unsaturated/α-hetero) is 2. The maximum absolute atomic E-state index is 13.5. The van der Waals surface area contributed by atoms with Gasteiger partial charge in [0.2, 0.25) is 13.6 Å². The number of aromatic nitrogens is 2. The number of amides is 1. The number of hydrogen-bond acceptors (Lipinski definition) is 9. The van der Waals surface area contributed by atoms with Crippen LogP contribution in [-0.4, -0.2) is 64.8 Å². The van der Waals surface area contributed by atoms with Gasteiger partial charge in [0.25, 0.3) is 0 Å². The summed E-state index contributed by atoms with van der Waals surface area (Å²) in [6.45, 7) is 7.96. The fourth-order valence-electron chi connectivity index (χ4n) is 10.7. The summed E-state index contributed by atoms with van der Waals surface area (Å²) in [4.78, 5) is 48.6. The van der Waals surface area contributed by atoms with Crippen molar-refractivity contribution in [3.63, 3.8) is 0 Å². The summed E-state index contributed by atoms with van der Waals surface area (Å²) >= 11 is 0. The number of ketones is 2. The first-order chi connectivity index (χ1) is 32.4. The van der Waals surface area contributed by atoms with E-state index in [-0.39, 0.29) is 36.9 Å². The zero-order valence-electron chi connectivity index (χ0n) is 38.8. The molecule has 2 aromatic heterocycles. The van der Waals surface area contributed by atoms with E-state index in [0.717, 1.165) is 119 Å². The molecule has 0 bridgehead atoms. The van der Waals surface area contributed by atoms with Gasteiger partial charge >= 0.3 is 6.09 Å². The summed E-state index contributed by atoms with van der Waals surface area (Å²) in [7, 11) is 0. The topological polar surface area (TPSA) is 144 Å². The van der Waals surface area contributed by atoms with Crippen LogP contribution in [0.25, 0.3) is 21.8 Å². The van der Waals surface area contributed by atoms with E-state index in [9.17, 15) is 14.4 Å². The average molecular weight is 905 g/mol. The highest BCUT2D eigenvalue weighted by Crippen LogP contribution is 2.53. The highest BCUT2D eigenvalue weighted by Gasteiger charge is 2.52. The molecule has 2 saturated heterocycles. The molecule has 0 spiro atoms. The number of piperidine rings is 2. The molecule has 2 unspecified atom stereocenters. The van der Waals surface area contributed by atoms with Crippen molar-refractivity contribution in [1.29, 1.82) is 0 Å². The molecule has 12 heteroatoms. The Morgan fingerprint density at radius 1 is 0.627 bits per heavy atom. The van der Waals surface area contributed by atoms with Crippen molar-refractivity contribution in [3.8, 4) is 23.0 Å². The number of carbonyl (C=O) groups excluding carboxylic acids is 3. The molecule has 6 heterocycles. The maximum Gasteiger partial charge on any atom is 0.410 e. The molecule has 4 aromatic carbocycles. The minimum atomic E-state index is -0.527. The van der Waals surface area contributed by atoms with Crippen molar-refractivity contribution in [3.05, 3.63) is 119 Å². The highest BCUT2D eigenvalue weighted by molar-refractivity contribution is 5.96. The molecule has 2 atom stereocenters. The quantitative estimate of drug-likeness (QED) is 0.122. The summed E-state index contributed by atoms with van der Waals surface area (Å²) in [6.07, 6.45) is 10.8. The predicted molar refractivity (Wildman–Crippen MR) is 255 cm³/mol. The molecule has 0 radical (unpaired) electrons. The van der Waals surface area contributed by atoms with Crippen LogP contribution >= 0.6 is 0 Å². The number of ether oxygens (including phenoxy) is 5. The van der Waals surface area contributed by atoms with Crippen LogP contribution in [0.2, 0.25) is 0 Å². The number of rotatable bonds is 10. The SMILES string of the molecule is CC(C)(C)OC(=O)N1CCCCC1c1cc2cc(CC(=O)C3(c4ccc5c(c4)OCO5)CC3)ccc2[nH]1.O=C(Cc1ccc2[nH]c(C3CCCCN3)cc2c1)C1(c2ccc3c(c2)OCO3)CC1. The Kier molecular flexibility index (Phi) is 11.1. The van der Waals surface area contributed by atoms with Crippen LogP contribution in [0.3, 0.4) is 0 Å². The summed E-state index contributed by atoms with van der Waals surface area (Å²) < 4.78 is 27.6. The highest BCUT2D eigenvalue weighted by atomic mass is 16.7. The minimum Gasteiger partial charge on any atom is -0.454 e. The smallest absolute Gasteiger partial charge is 0.410 e. The molecule has 3 N–H and O–H groups in total. The number of nitrogens with zero attached hydrogens (tertiary/aromatic N) is 1. The van der Waals surface area contributed by atoms with Crippen LogP contribution < -0.4 is 24.3 Å². The number of nitrogens with one attached hydrogen (secondary N) is 3. The molecule has 4 fully saturated rings. The van der Waals surface area contributed by atoms with E-state index in [1.165, 1.54) is 30.3 Å². The lowest BCUT2D eigenvalue weighted by molar-refractivity contribution is -0.121. The van der Waals surface area contributed by atoms with Gasteiger partial charge in [-0.2, -0.15) is 0 Å². The number of benzene rings is 4. The van der Waals surface area contributed by atoms with Crippen molar-refractivity contribution >= 4 is 39.5 Å². The van der Waals surface area contributed by atoms with E-state index < -0.39 is 11.0 Å². The van der Waals surface area contributed by atoms with Gasteiger partial charge in [-0.3, -0.25) is 14.5 Å². The van der Waals surface area contributed by atoms with E-state index in [1.807, 2.05) is 74.2 Å². The molecule has 1 amide bonds. The Morgan fingerprint density at radius 3 is 1.70 bits per heavy atom. The van der Waals surface area contributed by atoms with Crippen molar-refractivity contribution in [2.24, 2.45) is 0 Å². The van der Waals surface area contributed by atoms with Crippen molar-refractivity contribution in [2.45, 2.75) is 126 Å². The van der Waals surface area contributed by atoms with Crippen LogP contribution in [0.1, 0.15) is 131 Å². The maximum atomic E-state index is 13.5. The van der Waals surface area contributed by atoms with Gasteiger partial charge in [-0.05, 0) is 173 Å². The zero-order valence-corrected chi connectivity index (χ0v) is 38.8. The second kappa shape index (κ2) is 17.1. The number of carbonyl (C=O) groups is 3. The summed E-state index contributed by atoms with van der Waals surface area (Å²) in [6, 6.07) is 29.1. The van der Waals surface area contributed by atoms with Gasteiger partial charge < -0.3 is 39.0 Å². The van der Waals surface area contributed by atoms with E-state index in [4.69, 9.17) is 23.7 Å². The van der Waals surface area contributed by atoms with Gasteiger partial charge in [-0.1, -0.05) is 30.7 Å². The first kappa shape index (κ1) is 43.3. The second-order valence-electron chi connectivity index (χ2n) is 20.5. The lowest BCUT2D eigenvalue weighted by Crippen LogP contribution is -2.42. The lowest BCUT2D eigenvalue weighted by atomic mass is 9.87. The molecule has 6 aromatic rings. The normalized spacial score (nSPS) is 20.9. The number of fused-ring (bicyclic) bond motifs is 4. The first-order valence-corrected chi connectivity index (χ1v) is 24.3. The Labute approximate surface area is 391 Å². The molecule has 4 aliphatic heterocycles. The van der Waals surface area contributed by atoms with Crippen LogP contribution in [0.4, 0.5) is 4.79 Å². The standard InChI is InChI=1S/C30H34N2O5.C25H26N2O3/c1-29(2,3)37-28(34)32-13-5-4-6-24(32)23-16-20-14-19(7-9-22(20)31-23)15-27(33)30(11-12-30)21-8-10-25-26(17-21)36-18-35-25;28-24(25(8-9-25)18-5-7-22-23(14-18)30-15-29-22)12-16-4-6-19-17(11-16)13-21(27-19)20-3-1-2-10-26-20/h7-10,14,16-17,24,31H,4-6,11-13,15,18H2,1-3H3;4-7,11,13-14,20,26-27H,1-3,8-10,12,15H2. The van der Waals surface area contributed by atoms with Gasteiger partial charge in [-0.25, -0.2) is 4.79 Å². The van der Waals surface area contributed by atoms with Crippen LogP contribution in [0.5, 0.6) is 23.0 Å². The third-order valence-electron chi connectivity index (χ3n) is 14.7. The summed E-state index contributed by atoms with van der Waals surface area (Å²) in [5.41, 5.74) is 7.29. The molecular formula is C55H60N4O8. The van der Waals surface area contributed by atoms with Gasteiger partial charge in [0.05, 0.1) is 16.9 Å². The number of likely N-dealkylation sites (tertiary alicyclic amines) is 1. The average Bonchev–Trinajstić information content (AvgIpc) is 4.04. The van der Waals surface area contributed by atoms with E-state index in [0.29, 0.717) is 31.2 Å². The fraction of sp³-hybridized carbons (Fsp3) is 0.436. The van der Waals surface area contributed by atoms with Crippen LogP contribution in [0, 0.1) is 0 Å². The molecule has 12 rings (SSSR count). The predicted octanol–water partition coefficient (Wildman–Crippen LogP) is 10.8. The Hall–Kier alpha value is -6.27. The van der Waals surface area contributed by atoms with Gasteiger partial charge in [0.1, 0.15) is 17.2 Å². The van der Waals surface area contributed by atoms with E-state index in [2.05, 4.69) is 51.7 Å². The fourth-order valence-corrected chi connectivity index (χ4v) is 10.7. The molecule has 67 heavy (non-hydrogen) atoms. The first-order valence-electron chi connectivity index (χ1n) is 24.3. The van der Waals surface area contributed by atoms with Crippen molar-refractivity contribution in [2.75, 3.05) is 26.7 Å².